The quantitative estimate of drug-likeness (QED) is 0.917. The van der Waals surface area contributed by atoms with Crippen molar-refractivity contribution in [3.8, 4) is 0 Å². The smallest absolute Gasteiger partial charge is 0.270 e. The van der Waals surface area contributed by atoms with Crippen molar-refractivity contribution in [3.63, 3.8) is 0 Å². The van der Waals surface area contributed by atoms with Crippen LogP contribution in [-0.4, -0.2) is 23.2 Å². The molecule has 2 atom stereocenters. The Bertz CT molecular complexity index is 645. The molecule has 1 aromatic heterocycles. The molecular weight excluding hydrogens is 292 g/mol. The topological polar surface area (TPSA) is 42.0 Å². The van der Waals surface area contributed by atoms with Gasteiger partial charge >= 0.3 is 0 Å². The molecule has 1 aliphatic rings. The van der Waals surface area contributed by atoms with E-state index in [1.807, 2.05) is 24.5 Å². The van der Waals surface area contributed by atoms with Crippen molar-refractivity contribution in [2.75, 3.05) is 6.26 Å². The standard InChI is InChI=1S/C18H20N2OS/c1-22-12-14-8-5-11-19-17(14)18(21)20-16-10-9-15(16)13-6-3-2-4-7-13/h2-8,11,15-16H,9-10,12H2,1H3,(H,20,21)/t15-,16-/m1/s1. The van der Waals surface area contributed by atoms with Crippen LogP contribution in [0.3, 0.4) is 0 Å². The molecule has 0 saturated heterocycles. The van der Waals surface area contributed by atoms with Crippen LogP contribution in [0.2, 0.25) is 0 Å². The lowest BCUT2D eigenvalue weighted by Gasteiger charge is -2.37. The highest BCUT2D eigenvalue weighted by Gasteiger charge is 2.33. The molecule has 1 amide bonds. The molecule has 0 aliphatic heterocycles. The fourth-order valence-electron chi connectivity index (χ4n) is 2.92. The Balaban J connectivity index is 1.70. The van der Waals surface area contributed by atoms with Crippen molar-refractivity contribution >= 4 is 17.7 Å². The maximum atomic E-state index is 12.5. The number of rotatable bonds is 5. The Labute approximate surface area is 135 Å². The number of amides is 1. The number of nitrogens with zero attached hydrogens (tertiary/aromatic N) is 1. The average Bonchev–Trinajstić information content (AvgIpc) is 2.53. The van der Waals surface area contributed by atoms with E-state index in [-0.39, 0.29) is 11.9 Å². The number of carbonyl (C=O) groups excluding carboxylic acids is 1. The van der Waals surface area contributed by atoms with Crippen LogP contribution >= 0.6 is 11.8 Å². The third-order valence-corrected chi connectivity index (χ3v) is 4.82. The highest BCUT2D eigenvalue weighted by molar-refractivity contribution is 7.97. The van der Waals surface area contributed by atoms with Crippen LogP contribution in [0.4, 0.5) is 0 Å². The molecular formula is C18H20N2OS. The summed E-state index contributed by atoms with van der Waals surface area (Å²) in [4.78, 5) is 16.8. The molecule has 3 nitrogen and oxygen atoms in total. The van der Waals surface area contributed by atoms with Gasteiger partial charge in [-0.05, 0) is 36.3 Å². The first-order valence-electron chi connectivity index (χ1n) is 7.58. The zero-order valence-electron chi connectivity index (χ0n) is 12.7. The Morgan fingerprint density at radius 3 is 2.73 bits per heavy atom. The Morgan fingerprint density at radius 2 is 2.05 bits per heavy atom. The molecule has 0 unspecified atom stereocenters. The molecule has 1 aliphatic carbocycles. The summed E-state index contributed by atoms with van der Waals surface area (Å²) >= 11 is 1.70. The van der Waals surface area contributed by atoms with Crippen LogP contribution in [0.25, 0.3) is 0 Å². The molecule has 0 radical (unpaired) electrons. The van der Waals surface area contributed by atoms with Crippen molar-refractivity contribution in [2.45, 2.75) is 30.6 Å². The van der Waals surface area contributed by atoms with Gasteiger partial charge in [-0.25, -0.2) is 0 Å². The number of thioether (sulfide) groups is 1. The lowest BCUT2D eigenvalue weighted by Crippen LogP contribution is -2.45. The van der Waals surface area contributed by atoms with E-state index in [4.69, 9.17) is 0 Å². The van der Waals surface area contributed by atoms with Gasteiger partial charge in [0.25, 0.3) is 5.91 Å². The highest BCUT2D eigenvalue weighted by Crippen LogP contribution is 2.36. The van der Waals surface area contributed by atoms with Gasteiger partial charge in [0.1, 0.15) is 5.69 Å². The molecule has 1 aromatic carbocycles. The lowest BCUT2D eigenvalue weighted by atomic mass is 9.75. The summed E-state index contributed by atoms with van der Waals surface area (Å²) in [5.41, 5.74) is 2.88. The first kappa shape index (κ1) is 15.1. The average molecular weight is 312 g/mol. The minimum atomic E-state index is -0.0460. The third-order valence-electron chi connectivity index (χ3n) is 4.22. The van der Waals surface area contributed by atoms with Gasteiger partial charge in [-0.1, -0.05) is 36.4 Å². The molecule has 114 valence electrons. The summed E-state index contributed by atoms with van der Waals surface area (Å²) in [6.07, 6.45) is 5.89. The first-order valence-corrected chi connectivity index (χ1v) is 8.97. The van der Waals surface area contributed by atoms with Crippen LogP contribution in [0.5, 0.6) is 0 Å². The van der Waals surface area contributed by atoms with Gasteiger partial charge in [0.15, 0.2) is 0 Å². The van der Waals surface area contributed by atoms with Crippen LogP contribution in [-0.2, 0) is 5.75 Å². The number of nitrogens with one attached hydrogen (secondary N) is 1. The third kappa shape index (κ3) is 3.17. The van der Waals surface area contributed by atoms with Crippen LogP contribution in [0.1, 0.15) is 40.4 Å². The SMILES string of the molecule is CSCc1cccnc1C(=O)N[C@@H]1CC[C@@H]1c1ccccc1. The van der Waals surface area contributed by atoms with Gasteiger partial charge in [-0.15, -0.1) is 0 Å². The number of aromatic nitrogens is 1. The van der Waals surface area contributed by atoms with Crippen molar-refractivity contribution in [3.05, 3.63) is 65.5 Å². The summed E-state index contributed by atoms with van der Waals surface area (Å²) in [6, 6.07) is 14.5. The fraction of sp³-hybridized carbons (Fsp3) is 0.333. The van der Waals surface area contributed by atoms with E-state index in [0.29, 0.717) is 11.6 Å². The van der Waals surface area contributed by atoms with E-state index in [9.17, 15) is 4.79 Å². The maximum absolute atomic E-state index is 12.5. The van der Waals surface area contributed by atoms with Crippen molar-refractivity contribution in [1.82, 2.24) is 10.3 Å². The van der Waals surface area contributed by atoms with E-state index in [1.54, 1.807) is 18.0 Å². The summed E-state index contributed by atoms with van der Waals surface area (Å²) in [5.74, 6) is 1.19. The predicted molar refractivity (Wildman–Crippen MR) is 91.1 cm³/mol. The van der Waals surface area contributed by atoms with Gasteiger partial charge in [-0.3, -0.25) is 9.78 Å². The fourth-order valence-corrected chi connectivity index (χ4v) is 3.47. The number of hydrogen-bond donors (Lipinski definition) is 1. The lowest BCUT2D eigenvalue weighted by molar-refractivity contribution is 0.0899. The Hall–Kier alpha value is -1.81. The van der Waals surface area contributed by atoms with E-state index < -0.39 is 0 Å². The molecule has 22 heavy (non-hydrogen) atoms. The van der Waals surface area contributed by atoms with E-state index in [1.165, 1.54) is 5.56 Å². The normalized spacial score (nSPS) is 20.2. The molecule has 0 spiro atoms. The molecule has 0 bridgehead atoms. The summed E-state index contributed by atoms with van der Waals surface area (Å²) < 4.78 is 0. The summed E-state index contributed by atoms with van der Waals surface area (Å²) in [5, 5.41) is 3.17. The van der Waals surface area contributed by atoms with Gasteiger partial charge in [0.2, 0.25) is 0 Å². The molecule has 1 N–H and O–H groups in total. The molecule has 4 heteroatoms. The van der Waals surface area contributed by atoms with E-state index in [2.05, 4.69) is 34.6 Å². The van der Waals surface area contributed by atoms with Crippen molar-refractivity contribution < 1.29 is 4.79 Å². The van der Waals surface area contributed by atoms with Crippen LogP contribution in [0.15, 0.2) is 48.7 Å². The molecule has 3 rings (SSSR count). The minimum absolute atomic E-state index is 0.0460. The molecule has 1 saturated carbocycles. The second-order valence-corrected chi connectivity index (χ2v) is 6.48. The minimum Gasteiger partial charge on any atom is -0.347 e. The van der Waals surface area contributed by atoms with Gasteiger partial charge < -0.3 is 5.32 Å². The largest absolute Gasteiger partial charge is 0.347 e. The second kappa shape index (κ2) is 6.97. The van der Waals surface area contributed by atoms with E-state index in [0.717, 1.165) is 24.2 Å². The number of carbonyl (C=O) groups is 1. The summed E-state index contributed by atoms with van der Waals surface area (Å²) in [7, 11) is 0. The van der Waals surface area contributed by atoms with Gasteiger partial charge in [0.05, 0.1) is 0 Å². The molecule has 1 fully saturated rings. The number of hydrogen-bond acceptors (Lipinski definition) is 3. The van der Waals surface area contributed by atoms with Gasteiger partial charge in [-0.2, -0.15) is 11.8 Å². The van der Waals surface area contributed by atoms with Crippen LogP contribution in [0, 0.1) is 0 Å². The van der Waals surface area contributed by atoms with Crippen LogP contribution < -0.4 is 5.32 Å². The highest BCUT2D eigenvalue weighted by atomic mass is 32.2. The monoisotopic (exact) mass is 312 g/mol. The molecule has 2 aromatic rings. The predicted octanol–water partition coefficient (Wildman–Crippen LogP) is 3.62. The first-order chi connectivity index (χ1) is 10.8. The Morgan fingerprint density at radius 1 is 1.23 bits per heavy atom. The second-order valence-electron chi connectivity index (χ2n) is 5.62. The van der Waals surface area contributed by atoms with Crippen molar-refractivity contribution in [1.29, 1.82) is 0 Å². The number of pyridine rings is 1. The zero-order valence-corrected chi connectivity index (χ0v) is 13.5. The zero-order chi connectivity index (χ0) is 15.4. The van der Waals surface area contributed by atoms with E-state index >= 15 is 0 Å². The van der Waals surface area contributed by atoms with Gasteiger partial charge in [0, 0.05) is 23.9 Å². The molecule has 1 heterocycles. The maximum Gasteiger partial charge on any atom is 0.270 e. The number of benzene rings is 1. The Kier molecular flexibility index (Phi) is 4.78. The summed E-state index contributed by atoms with van der Waals surface area (Å²) in [6.45, 7) is 0. The van der Waals surface area contributed by atoms with Crippen molar-refractivity contribution in [2.24, 2.45) is 0 Å².